The van der Waals surface area contributed by atoms with Crippen LogP contribution in [0.4, 0.5) is 0 Å². The maximum absolute atomic E-state index is 11.9. The standard InChI is InChI=1S/C15H19N3OS/c1-2-12-9-18-15(20-12)10-17-14(19)8-13(16)11-6-4-3-5-7-11/h3-7,9,13H,2,8,10,16H2,1H3,(H,17,19). The number of carbonyl (C=O) groups is 1. The van der Waals surface area contributed by atoms with Crippen molar-refractivity contribution >= 4 is 17.2 Å². The Morgan fingerprint density at radius 1 is 1.40 bits per heavy atom. The van der Waals surface area contributed by atoms with Gasteiger partial charge in [-0.25, -0.2) is 4.98 Å². The summed E-state index contributed by atoms with van der Waals surface area (Å²) in [6.07, 6.45) is 3.13. The Bertz CT molecular complexity index is 553. The molecule has 4 nitrogen and oxygen atoms in total. The molecule has 0 fully saturated rings. The maximum atomic E-state index is 11.9. The van der Waals surface area contributed by atoms with Crippen molar-refractivity contribution in [2.75, 3.05) is 0 Å². The van der Waals surface area contributed by atoms with Gasteiger partial charge in [0.15, 0.2) is 0 Å². The summed E-state index contributed by atoms with van der Waals surface area (Å²) in [5, 5.41) is 3.80. The van der Waals surface area contributed by atoms with Crippen molar-refractivity contribution < 1.29 is 4.79 Å². The quantitative estimate of drug-likeness (QED) is 0.858. The molecule has 0 aliphatic carbocycles. The number of benzene rings is 1. The highest BCUT2D eigenvalue weighted by Gasteiger charge is 2.11. The van der Waals surface area contributed by atoms with Crippen LogP contribution >= 0.6 is 11.3 Å². The zero-order chi connectivity index (χ0) is 14.4. The van der Waals surface area contributed by atoms with E-state index >= 15 is 0 Å². The van der Waals surface area contributed by atoms with E-state index in [4.69, 9.17) is 5.73 Å². The fourth-order valence-corrected chi connectivity index (χ4v) is 2.66. The summed E-state index contributed by atoms with van der Waals surface area (Å²) < 4.78 is 0. The molecule has 2 rings (SSSR count). The van der Waals surface area contributed by atoms with E-state index in [0.29, 0.717) is 6.54 Å². The maximum Gasteiger partial charge on any atom is 0.222 e. The Kier molecular flexibility index (Phi) is 5.26. The van der Waals surface area contributed by atoms with Crippen molar-refractivity contribution in [3.8, 4) is 0 Å². The highest BCUT2D eigenvalue weighted by Crippen LogP contribution is 2.15. The number of nitrogens with one attached hydrogen (secondary N) is 1. The van der Waals surface area contributed by atoms with Crippen LogP contribution in [0.5, 0.6) is 0 Å². The van der Waals surface area contributed by atoms with Gasteiger partial charge in [-0.05, 0) is 12.0 Å². The lowest BCUT2D eigenvalue weighted by atomic mass is 10.0. The normalized spacial score (nSPS) is 12.1. The van der Waals surface area contributed by atoms with Gasteiger partial charge in [0.25, 0.3) is 0 Å². The number of rotatable bonds is 6. The lowest BCUT2D eigenvalue weighted by Crippen LogP contribution is -2.27. The molecule has 2 aromatic rings. The predicted octanol–water partition coefficient (Wildman–Crippen LogP) is 2.41. The van der Waals surface area contributed by atoms with Gasteiger partial charge in [-0.2, -0.15) is 0 Å². The molecule has 1 atom stereocenters. The number of aromatic nitrogens is 1. The van der Waals surface area contributed by atoms with Crippen molar-refractivity contribution in [2.45, 2.75) is 32.4 Å². The largest absolute Gasteiger partial charge is 0.350 e. The van der Waals surface area contributed by atoms with Gasteiger partial charge in [0.2, 0.25) is 5.91 Å². The Balaban J connectivity index is 1.80. The van der Waals surface area contributed by atoms with Crippen LogP contribution in [0.15, 0.2) is 36.5 Å². The third-order valence-corrected chi connectivity index (χ3v) is 4.16. The highest BCUT2D eigenvalue weighted by molar-refractivity contribution is 7.11. The third kappa shape index (κ3) is 4.15. The number of nitrogens with zero attached hydrogens (tertiary/aromatic N) is 1. The van der Waals surface area contributed by atoms with Crippen molar-refractivity contribution in [1.29, 1.82) is 0 Å². The van der Waals surface area contributed by atoms with Crippen molar-refractivity contribution in [2.24, 2.45) is 5.73 Å². The molecule has 1 aromatic heterocycles. The van der Waals surface area contributed by atoms with Gasteiger partial charge in [-0.15, -0.1) is 11.3 Å². The van der Waals surface area contributed by atoms with Crippen LogP contribution in [0.2, 0.25) is 0 Å². The van der Waals surface area contributed by atoms with E-state index in [-0.39, 0.29) is 18.4 Å². The fourth-order valence-electron chi connectivity index (χ4n) is 1.86. The van der Waals surface area contributed by atoms with Gasteiger partial charge in [0, 0.05) is 23.5 Å². The summed E-state index contributed by atoms with van der Waals surface area (Å²) in [5.41, 5.74) is 6.99. The number of aryl methyl sites for hydroxylation is 1. The average molecular weight is 289 g/mol. The molecule has 3 N–H and O–H groups in total. The van der Waals surface area contributed by atoms with Gasteiger partial charge in [-0.3, -0.25) is 4.79 Å². The molecule has 1 aromatic carbocycles. The lowest BCUT2D eigenvalue weighted by molar-refractivity contribution is -0.121. The monoisotopic (exact) mass is 289 g/mol. The molecule has 0 aliphatic heterocycles. The SMILES string of the molecule is CCc1cnc(CNC(=O)CC(N)c2ccccc2)s1. The van der Waals surface area contributed by atoms with Crippen LogP contribution in [0.1, 0.15) is 34.8 Å². The van der Waals surface area contributed by atoms with Gasteiger partial charge in [-0.1, -0.05) is 37.3 Å². The second kappa shape index (κ2) is 7.17. The van der Waals surface area contributed by atoms with Crippen LogP contribution in [-0.4, -0.2) is 10.9 Å². The molecule has 0 saturated heterocycles. The minimum atomic E-state index is -0.265. The minimum Gasteiger partial charge on any atom is -0.350 e. The summed E-state index contributed by atoms with van der Waals surface area (Å²) in [4.78, 5) is 17.4. The number of amides is 1. The second-order valence-electron chi connectivity index (χ2n) is 4.57. The first kappa shape index (κ1) is 14.7. The molecule has 0 spiro atoms. The zero-order valence-corrected chi connectivity index (χ0v) is 12.3. The molecule has 5 heteroatoms. The number of thiazole rings is 1. The van der Waals surface area contributed by atoms with E-state index in [2.05, 4.69) is 17.2 Å². The third-order valence-electron chi connectivity index (χ3n) is 3.02. The van der Waals surface area contributed by atoms with Crippen molar-refractivity contribution in [3.63, 3.8) is 0 Å². The summed E-state index contributed by atoms with van der Waals surface area (Å²) >= 11 is 1.63. The van der Waals surface area contributed by atoms with Crippen LogP contribution < -0.4 is 11.1 Å². The zero-order valence-electron chi connectivity index (χ0n) is 11.5. The summed E-state index contributed by atoms with van der Waals surface area (Å²) in [5.74, 6) is -0.0467. The number of nitrogens with two attached hydrogens (primary N) is 1. The van der Waals surface area contributed by atoms with Crippen LogP contribution in [0, 0.1) is 0 Å². The Hall–Kier alpha value is -1.72. The molecule has 0 radical (unpaired) electrons. The molecule has 0 bridgehead atoms. The number of hydrogen-bond donors (Lipinski definition) is 2. The first-order valence-electron chi connectivity index (χ1n) is 6.70. The van der Waals surface area contributed by atoms with Crippen LogP contribution in [-0.2, 0) is 17.8 Å². The molecule has 0 aliphatic rings. The van der Waals surface area contributed by atoms with E-state index in [9.17, 15) is 4.79 Å². The van der Waals surface area contributed by atoms with E-state index in [1.165, 1.54) is 4.88 Å². The summed E-state index contributed by atoms with van der Waals surface area (Å²) in [7, 11) is 0. The lowest BCUT2D eigenvalue weighted by Gasteiger charge is -2.11. The van der Waals surface area contributed by atoms with E-state index in [1.54, 1.807) is 11.3 Å². The summed E-state index contributed by atoms with van der Waals surface area (Å²) in [6, 6.07) is 9.39. The molecule has 20 heavy (non-hydrogen) atoms. The van der Waals surface area contributed by atoms with Gasteiger partial charge < -0.3 is 11.1 Å². The molecular weight excluding hydrogens is 270 g/mol. The fraction of sp³-hybridized carbons (Fsp3) is 0.333. The molecule has 1 amide bonds. The smallest absolute Gasteiger partial charge is 0.222 e. The number of hydrogen-bond acceptors (Lipinski definition) is 4. The Morgan fingerprint density at radius 3 is 2.80 bits per heavy atom. The molecular formula is C15H19N3OS. The molecule has 1 unspecified atom stereocenters. The molecule has 106 valence electrons. The van der Waals surface area contributed by atoms with Gasteiger partial charge in [0.05, 0.1) is 6.54 Å². The first-order valence-corrected chi connectivity index (χ1v) is 7.51. The second-order valence-corrected chi connectivity index (χ2v) is 5.77. The molecule has 1 heterocycles. The van der Waals surface area contributed by atoms with E-state index < -0.39 is 0 Å². The van der Waals surface area contributed by atoms with Gasteiger partial charge in [0.1, 0.15) is 5.01 Å². The van der Waals surface area contributed by atoms with E-state index in [1.807, 2.05) is 36.5 Å². The van der Waals surface area contributed by atoms with Crippen LogP contribution in [0.25, 0.3) is 0 Å². The first-order chi connectivity index (χ1) is 9.69. The Labute approximate surface area is 123 Å². The minimum absolute atomic E-state index is 0.0467. The van der Waals surface area contributed by atoms with Crippen molar-refractivity contribution in [3.05, 3.63) is 52.0 Å². The highest BCUT2D eigenvalue weighted by atomic mass is 32.1. The molecule has 0 saturated carbocycles. The van der Waals surface area contributed by atoms with Crippen molar-refractivity contribution in [1.82, 2.24) is 10.3 Å². The van der Waals surface area contributed by atoms with Crippen LogP contribution in [0.3, 0.4) is 0 Å². The summed E-state index contributed by atoms with van der Waals surface area (Å²) in [6.45, 7) is 2.57. The van der Waals surface area contributed by atoms with E-state index in [0.717, 1.165) is 17.0 Å². The predicted molar refractivity (Wildman–Crippen MR) is 81.3 cm³/mol. The topological polar surface area (TPSA) is 68.0 Å². The Morgan fingerprint density at radius 2 is 2.15 bits per heavy atom. The average Bonchev–Trinajstić information content (AvgIpc) is 2.94. The van der Waals surface area contributed by atoms with Gasteiger partial charge >= 0.3 is 0 Å². The number of carbonyl (C=O) groups excluding carboxylic acids is 1.